The SMILES string of the molecule is O=C1CC[C@@H](N2Cc3cc(CNCC4(F)CCN(c5ncc(-c6cccc(Cl)c6)cc5C(F)(F)F)CC4)ccc3C2=O)C(=O)N1. The van der Waals surface area contributed by atoms with Crippen LogP contribution in [0.5, 0.6) is 0 Å². The Balaban J connectivity index is 1.06. The Hall–Kier alpha value is -4.03. The van der Waals surface area contributed by atoms with Gasteiger partial charge in [-0.3, -0.25) is 19.7 Å². The monoisotopic (exact) mass is 643 g/mol. The molecule has 1 aromatic heterocycles. The summed E-state index contributed by atoms with van der Waals surface area (Å²) in [7, 11) is 0. The Bertz CT molecular complexity index is 1660. The molecule has 0 bridgehead atoms. The lowest BCUT2D eigenvalue weighted by Crippen LogP contribution is -2.52. The van der Waals surface area contributed by atoms with Crippen LogP contribution in [-0.4, -0.2) is 59.0 Å². The summed E-state index contributed by atoms with van der Waals surface area (Å²) in [5, 5.41) is 5.80. The first kappa shape index (κ1) is 31.0. The average molecular weight is 644 g/mol. The van der Waals surface area contributed by atoms with E-state index in [1.54, 1.807) is 36.4 Å². The maximum Gasteiger partial charge on any atom is 0.419 e. The van der Waals surface area contributed by atoms with E-state index in [-0.39, 0.29) is 75.1 Å². The van der Waals surface area contributed by atoms with Crippen LogP contribution < -0.4 is 15.5 Å². The molecule has 6 rings (SSSR count). The van der Waals surface area contributed by atoms with Gasteiger partial charge in [0.2, 0.25) is 11.8 Å². The van der Waals surface area contributed by atoms with Crippen LogP contribution in [0.3, 0.4) is 0 Å². The first-order chi connectivity index (χ1) is 21.4. The van der Waals surface area contributed by atoms with E-state index in [0.29, 0.717) is 22.7 Å². The standard InChI is InChI=1S/C32H30ClF4N5O3/c33-23-3-1-2-20(13-23)21-14-25(32(35,36)37)28(39-16-21)41-10-8-31(34,9-11-41)18-38-15-19-4-5-24-22(12-19)17-42(30(24)45)26-6-7-27(43)40-29(26)44/h1-5,12-14,16,26,38H,6-11,15,17-18H2,(H,40,43,44)/t26-/m1/s1. The van der Waals surface area contributed by atoms with Gasteiger partial charge in [-0.05, 0) is 47.4 Å². The van der Waals surface area contributed by atoms with E-state index in [9.17, 15) is 27.6 Å². The summed E-state index contributed by atoms with van der Waals surface area (Å²) in [5.41, 5.74) is 0.370. The number of carbonyl (C=O) groups is 3. The number of aromatic nitrogens is 1. The lowest BCUT2D eigenvalue weighted by atomic mass is 9.92. The summed E-state index contributed by atoms with van der Waals surface area (Å²) in [4.78, 5) is 43.8. The van der Waals surface area contributed by atoms with E-state index in [4.69, 9.17) is 11.6 Å². The number of piperidine rings is 2. The summed E-state index contributed by atoms with van der Waals surface area (Å²) in [6.45, 7) is 0.710. The number of imide groups is 1. The molecule has 1 atom stereocenters. The zero-order chi connectivity index (χ0) is 31.9. The smallest absolute Gasteiger partial charge is 0.356 e. The minimum atomic E-state index is -4.65. The van der Waals surface area contributed by atoms with Gasteiger partial charge in [-0.2, -0.15) is 13.2 Å². The summed E-state index contributed by atoms with van der Waals surface area (Å²) in [6, 6.07) is 12.2. The van der Waals surface area contributed by atoms with E-state index in [1.807, 2.05) is 6.07 Å². The third-order valence-corrected chi connectivity index (χ3v) is 8.88. The van der Waals surface area contributed by atoms with Gasteiger partial charge in [-0.25, -0.2) is 9.37 Å². The number of amides is 3. The fourth-order valence-electron chi connectivity index (χ4n) is 6.21. The molecule has 45 heavy (non-hydrogen) atoms. The van der Waals surface area contributed by atoms with Gasteiger partial charge in [0.15, 0.2) is 0 Å². The third kappa shape index (κ3) is 6.53. The molecule has 0 unspecified atom stereocenters. The molecular weight excluding hydrogens is 614 g/mol. The highest BCUT2D eigenvalue weighted by Crippen LogP contribution is 2.40. The molecule has 4 heterocycles. The second kappa shape index (κ2) is 12.1. The van der Waals surface area contributed by atoms with Gasteiger partial charge in [0.25, 0.3) is 5.91 Å². The molecule has 8 nitrogen and oxygen atoms in total. The van der Waals surface area contributed by atoms with Crippen molar-refractivity contribution >= 4 is 35.1 Å². The third-order valence-electron chi connectivity index (χ3n) is 8.65. The van der Waals surface area contributed by atoms with Crippen molar-refractivity contribution in [2.75, 3.05) is 24.5 Å². The Morgan fingerprint density at radius 3 is 2.53 bits per heavy atom. The van der Waals surface area contributed by atoms with Crippen LogP contribution in [0.4, 0.5) is 23.4 Å². The van der Waals surface area contributed by atoms with Crippen molar-refractivity contribution in [1.29, 1.82) is 0 Å². The Morgan fingerprint density at radius 1 is 1.04 bits per heavy atom. The summed E-state index contributed by atoms with van der Waals surface area (Å²) < 4.78 is 58.0. The zero-order valence-electron chi connectivity index (χ0n) is 24.1. The maximum absolute atomic E-state index is 15.8. The lowest BCUT2D eigenvalue weighted by Gasteiger charge is -2.38. The molecule has 3 aromatic rings. The van der Waals surface area contributed by atoms with Crippen LogP contribution in [0.2, 0.25) is 5.02 Å². The highest BCUT2D eigenvalue weighted by atomic mass is 35.5. The van der Waals surface area contributed by atoms with Gasteiger partial charge in [0.05, 0.1) is 5.56 Å². The van der Waals surface area contributed by atoms with Crippen molar-refractivity contribution in [2.24, 2.45) is 0 Å². The second-order valence-corrected chi connectivity index (χ2v) is 12.2. The van der Waals surface area contributed by atoms with Crippen LogP contribution in [0, 0.1) is 0 Å². The topological polar surface area (TPSA) is 94.6 Å². The second-order valence-electron chi connectivity index (χ2n) is 11.7. The summed E-state index contributed by atoms with van der Waals surface area (Å²) >= 11 is 6.02. The molecule has 0 spiro atoms. The van der Waals surface area contributed by atoms with Crippen LogP contribution >= 0.6 is 11.6 Å². The number of alkyl halides is 4. The number of benzene rings is 2. The van der Waals surface area contributed by atoms with Crippen molar-refractivity contribution in [3.63, 3.8) is 0 Å². The van der Waals surface area contributed by atoms with Crippen molar-refractivity contribution in [3.8, 4) is 11.1 Å². The van der Waals surface area contributed by atoms with Crippen molar-refractivity contribution in [3.05, 3.63) is 82.0 Å². The first-order valence-electron chi connectivity index (χ1n) is 14.6. The van der Waals surface area contributed by atoms with Crippen molar-refractivity contribution in [1.82, 2.24) is 20.5 Å². The molecule has 13 heteroatoms. The molecule has 3 aliphatic heterocycles. The number of fused-ring (bicyclic) bond motifs is 1. The molecular formula is C32H30ClF4N5O3. The number of nitrogens with one attached hydrogen (secondary N) is 2. The number of rotatable bonds is 7. The molecule has 3 aliphatic rings. The fourth-order valence-corrected chi connectivity index (χ4v) is 6.40. The van der Waals surface area contributed by atoms with E-state index in [0.717, 1.165) is 17.2 Å². The lowest BCUT2D eigenvalue weighted by molar-refractivity contribution is -0.138. The van der Waals surface area contributed by atoms with Gasteiger partial charge >= 0.3 is 6.18 Å². The molecule has 236 valence electrons. The number of hydrogen-bond donors (Lipinski definition) is 2. The largest absolute Gasteiger partial charge is 0.419 e. The van der Waals surface area contributed by atoms with E-state index >= 15 is 4.39 Å². The number of halogens is 5. The van der Waals surface area contributed by atoms with Crippen molar-refractivity contribution in [2.45, 2.75) is 56.7 Å². The van der Waals surface area contributed by atoms with Gasteiger partial charge in [0.1, 0.15) is 17.5 Å². The van der Waals surface area contributed by atoms with Crippen LogP contribution in [0.1, 0.15) is 52.7 Å². The van der Waals surface area contributed by atoms with Crippen LogP contribution in [0.15, 0.2) is 54.7 Å². The highest BCUT2D eigenvalue weighted by Gasteiger charge is 2.41. The molecule has 0 aliphatic carbocycles. The maximum atomic E-state index is 15.8. The molecule has 0 saturated carbocycles. The normalized spacial score (nSPS) is 19.9. The van der Waals surface area contributed by atoms with E-state index in [1.165, 1.54) is 16.0 Å². The van der Waals surface area contributed by atoms with Gasteiger partial charge in [-0.1, -0.05) is 35.9 Å². The molecule has 2 saturated heterocycles. The predicted molar refractivity (Wildman–Crippen MR) is 159 cm³/mol. The Kier molecular flexibility index (Phi) is 8.30. The minimum Gasteiger partial charge on any atom is -0.356 e. The minimum absolute atomic E-state index is 0.00646. The number of nitrogens with zero attached hydrogens (tertiary/aromatic N) is 3. The molecule has 3 amide bonds. The number of carbonyl (C=O) groups excluding carboxylic acids is 3. The number of anilines is 1. The predicted octanol–water partition coefficient (Wildman–Crippen LogP) is 5.28. The Labute approximate surface area is 261 Å². The fraction of sp³-hybridized carbons (Fsp3) is 0.375. The Morgan fingerprint density at radius 2 is 1.82 bits per heavy atom. The van der Waals surface area contributed by atoms with Crippen molar-refractivity contribution < 1.29 is 31.9 Å². The first-order valence-corrected chi connectivity index (χ1v) is 15.0. The molecule has 0 radical (unpaired) electrons. The summed E-state index contributed by atoms with van der Waals surface area (Å²) in [5.74, 6) is -1.32. The van der Waals surface area contributed by atoms with E-state index in [2.05, 4.69) is 15.6 Å². The number of hydrogen-bond acceptors (Lipinski definition) is 6. The quantitative estimate of drug-likeness (QED) is 0.269. The van der Waals surface area contributed by atoms with Gasteiger partial charge < -0.3 is 15.1 Å². The molecule has 2 N–H and O–H groups in total. The van der Waals surface area contributed by atoms with Gasteiger partial charge in [0, 0.05) is 74.3 Å². The van der Waals surface area contributed by atoms with Crippen LogP contribution in [-0.2, 0) is 28.9 Å². The number of pyridine rings is 1. The van der Waals surface area contributed by atoms with Crippen LogP contribution in [0.25, 0.3) is 11.1 Å². The average Bonchev–Trinajstić information content (AvgIpc) is 3.32. The molecule has 2 aromatic carbocycles. The summed E-state index contributed by atoms with van der Waals surface area (Å²) in [6.07, 6.45) is -2.78. The zero-order valence-corrected chi connectivity index (χ0v) is 24.8. The van der Waals surface area contributed by atoms with E-state index < -0.39 is 29.4 Å². The van der Waals surface area contributed by atoms with Gasteiger partial charge in [-0.15, -0.1) is 0 Å². The highest BCUT2D eigenvalue weighted by molar-refractivity contribution is 6.30. The molecule has 2 fully saturated rings.